The monoisotopic (exact) mass is 418 g/mol. The SMILES string of the molecule is CCOc1cc(CNCc2ccccc2Cl)cc(Cl)c1OCC(N)=O.Cl. The molecule has 2 aromatic carbocycles. The fourth-order valence-corrected chi connectivity index (χ4v) is 2.74. The van der Waals surface area contributed by atoms with Crippen molar-refractivity contribution in [2.75, 3.05) is 13.2 Å². The van der Waals surface area contributed by atoms with E-state index in [-0.39, 0.29) is 19.0 Å². The third-order valence-corrected chi connectivity index (χ3v) is 3.98. The summed E-state index contributed by atoms with van der Waals surface area (Å²) in [5.41, 5.74) is 7.05. The van der Waals surface area contributed by atoms with Crippen LogP contribution >= 0.6 is 35.6 Å². The highest BCUT2D eigenvalue weighted by Crippen LogP contribution is 2.36. The average molecular weight is 420 g/mol. The first-order valence-corrected chi connectivity index (χ1v) is 8.57. The lowest BCUT2D eigenvalue weighted by Gasteiger charge is -2.15. The van der Waals surface area contributed by atoms with E-state index in [9.17, 15) is 4.79 Å². The number of hydrogen-bond donors (Lipinski definition) is 2. The lowest BCUT2D eigenvalue weighted by atomic mass is 10.1. The lowest BCUT2D eigenvalue weighted by Crippen LogP contribution is -2.20. The minimum absolute atomic E-state index is 0. The summed E-state index contributed by atoms with van der Waals surface area (Å²) >= 11 is 12.4. The van der Waals surface area contributed by atoms with E-state index in [2.05, 4.69) is 5.32 Å². The van der Waals surface area contributed by atoms with Crippen molar-refractivity contribution in [1.29, 1.82) is 0 Å². The lowest BCUT2D eigenvalue weighted by molar-refractivity contribution is -0.119. The van der Waals surface area contributed by atoms with Gasteiger partial charge < -0.3 is 20.5 Å². The molecule has 0 aliphatic heterocycles. The fourth-order valence-electron chi connectivity index (χ4n) is 2.25. The number of ether oxygens (including phenoxy) is 2. The Morgan fingerprint density at radius 2 is 1.85 bits per heavy atom. The Labute approximate surface area is 169 Å². The molecule has 0 unspecified atom stereocenters. The normalized spacial score (nSPS) is 10.1. The molecule has 3 N–H and O–H groups in total. The summed E-state index contributed by atoms with van der Waals surface area (Å²) in [4.78, 5) is 10.9. The number of amides is 1. The van der Waals surface area contributed by atoms with Crippen molar-refractivity contribution in [3.05, 3.63) is 57.6 Å². The van der Waals surface area contributed by atoms with Crippen molar-refractivity contribution in [2.45, 2.75) is 20.0 Å². The van der Waals surface area contributed by atoms with Gasteiger partial charge in [-0.15, -0.1) is 12.4 Å². The second-order valence-corrected chi connectivity index (χ2v) is 6.10. The molecule has 26 heavy (non-hydrogen) atoms. The van der Waals surface area contributed by atoms with Gasteiger partial charge in [0.1, 0.15) is 0 Å². The van der Waals surface area contributed by atoms with E-state index >= 15 is 0 Å². The van der Waals surface area contributed by atoms with Gasteiger partial charge in [0.2, 0.25) is 0 Å². The Morgan fingerprint density at radius 3 is 2.50 bits per heavy atom. The summed E-state index contributed by atoms with van der Waals surface area (Å²) in [7, 11) is 0. The number of primary amides is 1. The molecule has 142 valence electrons. The molecule has 5 nitrogen and oxygen atoms in total. The topological polar surface area (TPSA) is 73.6 Å². The molecule has 0 saturated heterocycles. The maximum absolute atomic E-state index is 10.9. The molecular weight excluding hydrogens is 399 g/mol. The van der Waals surface area contributed by atoms with Gasteiger partial charge in [0.15, 0.2) is 18.1 Å². The van der Waals surface area contributed by atoms with Crippen LogP contribution in [0.2, 0.25) is 10.0 Å². The van der Waals surface area contributed by atoms with Gasteiger partial charge >= 0.3 is 0 Å². The summed E-state index contributed by atoms with van der Waals surface area (Å²) in [5, 5.41) is 4.39. The van der Waals surface area contributed by atoms with Gasteiger partial charge in [-0.05, 0) is 36.2 Å². The van der Waals surface area contributed by atoms with Gasteiger partial charge in [-0.3, -0.25) is 4.79 Å². The molecule has 8 heteroatoms. The largest absolute Gasteiger partial charge is 0.490 e. The van der Waals surface area contributed by atoms with E-state index in [4.69, 9.17) is 38.4 Å². The number of benzene rings is 2. The minimum atomic E-state index is -0.580. The molecular formula is C18H21Cl3N2O3. The summed E-state index contributed by atoms with van der Waals surface area (Å²) in [6.07, 6.45) is 0. The average Bonchev–Trinajstić information content (AvgIpc) is 2.56. The third-order valence-electron chi connectivity index (χ3n) is 3.33. The highest BCUT2D eigenvalue weighted by atomic mass is 35.5. The molecule has 0 saturated carbocycles. The Bertz CT molecular complexity index is 742. The second-order valence-electron chi connectivity index (χ2n) is 5.29. The number of nitrogens with two attached hydrogens (primary N) is 1. The predicted molar refractivity (Wildman–Crippen MR) is 107 cm³/mol. The Morgan fingerprint density at radius 1 is 1.12 bits per heavy atom. The van der Waals surface area contributed by atoms with Gasteiger partial charge in [-0.25, -0.2) is 0 Å². The smallest absolute Gasteiger partial charge is 0.255 e. The molecule has 0 spiro atoms. The van der Waals surface area contributed by atoms with Crippen molar-refractivity contribution in [3.8, 4) is 11.5 Å². The quantitative estimate of drug-likeness (QED) is 0.645. The highest BCUT2D eigenvalue weighted by Gasteiger charge is 2.13. The summed E-state index contributed by atoms with van der Waals surface area (Å²) in [5.74, 6) is 0.215. The molecule has 0 heterocycles. The van der Waals surface area contributed by atoms with Gasteiger partial charge in [-0.1, -0.05) is 41.4 Å². The van der Waals surface area contributed by atoms with Crippen LogP contribution in [-0.2, 0) is 17.9 Å². The number of rotatable bonds is 9. The van der Waals surface area contributed by atoms with Gasteiger partial charge in [0.05, 0.1) is 11.6 Å². The molecule has 0 atom stereocenters. The first kappa shape index (κ1) is 22.4. The molecule has 0 fully saturated rings. The number of halogens is 3. The highest BCUT2D eigenvalue weighted by molar-refractivity contribution is 6.32. The third kappa shape index (κ3) is 6.57. The zero-order valence-corrected chi connectivity index (χ0v) is 16.6. The van der Waals surface area contributed by atoms with Gasteiger partial charge in [-0.2, -0.15) is 0 Å². The first-order valence-electron chi connectivity index (χ1n) is 7.81. The minimum Gasteiger partial charge on any atom is -0.490 e. The number of carbonyl (C=O) groups is 1. The first-order chi connectivity index (χ1) is 12.0. The van der Waals surface area contributed by atoms with Crippen molar-refractivity contribution in [3.63, 3.8) is 0 Å². The van der Waals surface area contributed by atoms with Crippen molar-refractivity contribution >= 4 is 41.5 Å². The zero-order chi connectivity index (χ0) is 18.2. The van der Waals surface area contributed by atoms with Crippen molar-refractivity contribution < 1.29 is 14.3 Å². The molecule has 0 aromatic heterocycles. The van der Waals surface area contributed by atoms with Crippen molar-refractivity contribution in [2.24, 2.45) is 5.73 Å². The maximum atomic E-state index is 10.9. The predicted octanol–water partition coefficient (Wildman–Crippen LogP) is 3.97. The number of nitrogens with one attached hydrogen (secondary N) is 1. The van der Waals surface area contributed by atoms with E-state index in [0.29, 0.717) is 36.2 Å². The van der Waals surface area contributed by atoms with Crippen molar-refractivity contribution in [1.82, 2.24) is 5.32 Å². The standard InChI is InChI=1S/C18H20Cl2N2O3.ClH/c1-2-24-16-8-12(7-15(20)18(16)25-11-17(21)23)9-22-10-13-5-3-4-6-14(13)19;/h3-8,22H,2,9-11H2,1H3,(H2,21,23);1H. The van der Waals surface area contributed by atoms with E-state index < -0.39 is 5.91 Å². The Kier molecular flexibility index (Phi) is 9.59. The molecule has 2 aromatic rings. The Hall–Kier alpha value is -1.66. The van der Waals surface area contributed by atoms with Crippen LogP contribution in [0.25, 0.3) is 0 Å². The number of carbonyl (C=O) groups excluding carboxylic acids is 1. The Balaban J connectivity index is 0.00000338. The van der Waals surface area contributed by atoms with Crippen LogP contribution in [0, 0.1) is 0 Å². The van der Waals surface area contributed by atoms with Crippen LogP contribution in [-0.4, -0.2) is 19.1 Å². The maximum Gasteiger partial charge on any atom is 0.255 e. The van der Waals surface area contributed by atoms with E-state index in [1.54, 1.807) is 6.07 Å². The van der Waals surface area contributed by atoms with Crippen LogP contribution < -0.4 is 20.5 Å². The summed E-state index contributed by atoms with van der Waals surface area (Å²) in [6, 6.07) is 11.2. The second kappa shape index (κ2) is 11.1. The summed E-state index contributed by atoms with van der Waals surface area (Å²) in [6.45, 7) is 3.24. The van der Waals surface area contributed by atoms with Gasteiger partial charge in [0, 0.05) is 18.1 Å². The number of hydrogen-bond acceptors (Lipinski definition) is 4. The van der Waals surface area contributed by atoms with Gasteiger partial charge in [0.25, 0.3) is 5.91 Å². The molecule has 2 rings (SSSR count). The van der Waals surface area contributed by atoms with Crippen LogP contribution in [0.5, 0.6) is 11.5 Å². The van der Waals surface area contributed by atoms with E-state index in [0.717, 1.165) is 16.1 Å². The van der Waals surface area contributed by atoms with E-state index in [1.165, 1.54) is 0 Å². The zero-order valence-electron chi connectivity index (χ0n) is 14.3. The van der Waals surface area contributed by atoms with Crippen LogP contribution in [0.15, 0.2) is 36.4 Å². The summed E-state index contributed by atoms with van der Waals surface area (Å²) < 4.78 is 10.9. The van der Waals surface area contributed by atoms with Crippen LogP contribution in [0.1, 0.15) is 18.1 Å². The van der Waals surface area contributed by atoms with E-state index in [1.807, 2.05) is 37.3 Å². The molecule has 0 radical (unpaired) electrons. The molecule has 0 aliphatic carbocycles. The fraction of sp³-hybridized carbons (Fsp3) is 0.278. The molecule has 0 aliphatic rings. The molecule has 0 bridgehead atoms. The van der Waals surface area contributed by atoms with Crippen LogP contribution in [0.4, 0.5) is 0 Å². The van der Waals surface area contributed by atoms with Crippen LogP contribution in [0.3, 0.4) is 0 Å². The molecule has 1 amide bonds.